The molecular formula is C16H26N2O. The van der Waals surface area contributed by atoms with Crippen molar-refractivity contribution in [3.63, 3.8) is 0 Å². The monoisotopic (exact) mass is 262 g/mol. The molecule has 0 bridgehead atoms. The maximum absolute atomic E-state index is 5.94. The van der Waals surface area contributed by atoms with E-state index in [0.29, 0.717) is 6.04 Å². The van der Waals surface area contributed by atoms with Gasteiger partial charge in [-0.2, -0.15) is 0 Å². The second-order valence-corrected chi connectivity index (χ2v) is 5.49. The third-order valence-corrected chi connectivity index (χ3v) is 3.65. The summed E-state index contributed by atoms with van der Waals surface area (Å²) in [6.45, 7) is 5.10. The van der Waals surface area contributed by atoms with Gasteiger partial charge in [-0.05, 0) is 52.0 Å². The SMILES string of the molecule is CCNC(CCN(C)C)c1cccc2c1OCCC2. The lowest BCUT2D eigenvalue weighted by atomic mass is 9.96. The Morgan fingerprint density at radius 3 is 2.95 bits per heavy atom. The number of fused-ring (bicyclic) bond motifs is 1. The highest BCUT2D eigenvalue weighted by atomic mass is 16.5. The Balaban J connectivity index is 2.20. The lowest BCUT2D eigenvalue weighted by molar-refractivity contribution is 0.278. The number of ether oxygens (including phenoxy) is 1. The summed E-state index contributed by atoms with van der Waals surface area (Å²) < 4.78 is 5.94. The molecule has 0 saturated heterocycles. The molecule has 0 amide bonds. The molecule has 1 aromatic carbocycles. The van der Waals surface area contributed by atoms with Crippen molar-refractivity contribution < 1.29 is 4.74 Å². The Morgan fingerprint density at radius 1 is 1.37 bits per heavy atom. The van der Waals surface area contributed by atoms with Gasteiger partial charge in [0, 0.05) is 11.6 Å². The van der Waals surface area contributed by atoms with Gasteiger partial charge in [0.2, 0.25) is 0 Å². The number of nitrogens with one attached hydrogen (secondary N) is 1. The van der Waals surface area contributed by atoms with Gasteiger partial charge in [0.05, 0.1) is 6.61 Å². The Hall–Kier alpha value is -1.06. The van der Waals surface area contributed by atoms with Crippen LogP contribution in [0.3, 0.4) is 0 Å². The lowest BCUT2D eigenvalue weighted by Gasteiger charge is -2.26. The van der Waals surface area contributed by atoms with Gasteiger partial charge in [0.25, 0.3) is 0 Å². The summed E-state index contributed by atoms with van der Waals surface area (Å²) >= 11 is 0. The fraction of sp³-hybridized carbons (Fsp3) is 0.625. The van der Waals surface area contributed by atoms with Crippen molar-refractivity contribution in [2.45, 2.75) is 32.2 Å². The third kappa shape index (κ3) is 3.71. The first-order valence-corrected chi connectivity index (χ1v) is 7.35. The van der Waals surface area contributed by atoms with Crippen LogP contribution in [0.2, 0.25) is 0 Å². The van der Waals surface area contributed by atoms with E-state index in [1.54, 1.807) is 0 Å². The van der Waals surface area contributed by atoms with E-state index in [0.717, 1.165) is 44.7 Å². The Morgan fingerprint density at radius 2 is 2.21 bits per heavy atom. The number of hydrogen-bond donors (Lipinski definition) is 1. The zero-order valence-corrected chi connectivity index (χ0v) is 12.4. The van der Waals surface area contributed by atoms with E-state index in [1.165, 1.54) is 11.1 Å². The number of para-hydroxylation sites is 1. The first kappa shape index (κ1) is 14.4. The molecule has 1 unspecified atom stereocenters. The zero-order chi connectivity index (χ0) is 13.7. The Kier molecular flexibility index (Phi) is 5.23. The molecule has 1 N–H and O–H groups in total. The predicted octanol–water partition coefficient (Wildman–Crippen LogP) is 2.61. The third-order valence-electron chi connectivity index (χ3n) is 3.65. The first-order valence-electron chi connectivity index (χ1n) is 7.35. The van der Waals surface area contributed by atoms with Crippen LogP contribution in [0, 0.1) is 0 Å². The average molecular weight is 262 g/mol. The van der Waals surface area contributed by atoms with E-state index >= 15 is 0 Å². The van der Waals surface area contributed by atoms with Crippen LogP contribution >= 0.6 is 0 Å². The van der Waals surface area contributed by atoms with Crippen molar-refractivity contribution in [2.75, 3.05) is 33.8 Å². The molecule has 2 rings (SSSR count). The number of nitrogens with zero attached hydrogens (tertiary/aromatic N) is 1. The Bertz CT molecular complexity index is 404. The molecule has 0 aromatic heterocycles. The molecular weight excluding hydrogens is 236 g/mol. The summed E-state index contributed by atoms with van der Waals surface area (Å²) in [6, 6.07) is 6.98. The molecule has 3 nitrogen and oxygen atoms in total. The lowest BCUT2D eigenvalue weighted by Crippen LogP contribution is -2.26. The number of aryl methyl sites for hydroxylation is 1. The van der Waals surface area contributed by atoms with Gasteiger partial charge in [0.15, 0.2) is 0 Å². The summed E-state index contributed by atoms with van der Waals surface area (Å²) in [6.07, 6.45) is 3.40. The maximum Gasteiger partial charge on any atom is 0.127 e. The molecule has 1 atom stereocenters. The molecule has 1 aliphatic rings. The molecule has 0 fully saturated rings. The van der Waals surface area contributed by atoms with Crippen LogP contribution in [0.15, 0.2) is 18.2 Å². The molecule has 1 aromatic rings. The van der Waals surface area contributed by atoms with Crippen LogP contribution in [-0.2, 0) is 6.42 Å². The van der Waals surface area contributed by atoms with Crippen LogP contribution in [0.1, 0.15) is 36.9 Å². The van der Waals surface area contributed by atoms with E-state index in [4.69, 9.17) is 4.74 Å². The topological polar surface area (TPSA) is 24.5 Å². The van der Waals surface area contributed by atoms with Gasteiger partial charge in [-0.25, -0.2) is 0 Å². The van der Waals surface area contributed by atoms with Crippen molar-refractivity contribution in [1.29, 1.82) is 0 Å². The van der Waals surface area contributed by atoms with Gasteiger partial charge in [-0.15, -0.1) is 0 Å². The van der Waals surface area contributed by atoms with E-state index in [1.807, 2.05) is 0 Å². The van der Waals surface area contributed by atoms with E-state index < -0.39 is 0 Å². The molecule has 0 radical (unpaired) electrons. The molecule has 1 aliphatic heterocycles. The largest absolute Gasteiger partial charge is 0.493 e. The second kappa shape index (κ2) is 6.92. The van der Waals surface area contributed by atoms with Crippen LogP contribution in [0.5, 0.6) is 5.75 Å². The molecule has 0 saturated carbocycles. The Labute approximate surface area is 116 Å². The molecule has 1 heterocycles. The van der Waals surface area contributed by atoms with E-state index in [9.17, 15) is 0 Å². The normalized spacial score (nSPS) is 16.0. The second-order valence-electron chi connectivity index (χ2n) is 5.49. The summed E-state index contributed by atoms with van der Waals surface area (Å²) in [5.74, 6) is 1.14. The minimum absolute atomic E-state index is 0.389. The van der Waals surface area contributed by atoms with Crippen molar-refractivity contribution in [2.24, 2.45) is 0 Å². The first-order chi connectivity index (χ1) is 9.22. The van der Waals surface area contributed by atoms with Crippen LogP contribution in [0.25, 0.3) is 0 Å². The molecule has 0 spiro atoms. The van der Waals surface area contributed by atoms with Crippen molar-refractivity contribution in [3.8, 4) is 5.75 Å². The summed E-state index contributed by atoms with van der Waals surface area (Å²) in [5.41, 5.74) is 2.71. The fourth-order valence-electron chi connectivity index (χ4n) is 2.69. The predicted molar refractivity (Wildman–Crippen MR) is 79.8 cm³/mol. The van der Waals surface area contributed by atoms with E-state index in [2.05, 4.69) is 49.4 Å². The summed E-state index contributed by atoms with van der Waals surface area (Å²) in [4.78, 5) is 2.24. The quantitative estimate of drug-likeness (QED) is 0.853. The number of hydrogen-bond acceptors (Lipinski definition) is 3. The zero-order valence-electron chi connectivity index (χ0n) is 12.4. The van der Waals surface area contributed by atoms with Gasteiger partial charge < -0.3 is 15.0 Å². The fourth-order valence-corrected chi connectivity index (χ4v) is 2.69. The average Bonchev–Trinajstić information content (AvgIpc) is 2.43. The smallest absolute Gasteiger partial charge is 0.127 e. The maximum atomic E-state index is 5.94. The minimum Gasteiger partial charge on any atom is -0.493 e. The highest BCUT2D eigenvalue weighted by Crippen LogP contribution is 2.34. The summed E-state index contributed by atoms with van der Waals surface area (Å²) in [7, 11) is 4.25. The van der Waals surface area contributed by atoms with Gasteiger partial charge in [-0.1, -0.05) is 25.1 Å². The number of benzene rings is 1. The van der Waals surface area contributed by atoms with Crippen molar-refractivity contribution in [1.82, 2.24) is 10.2 Å². The molecule has 19 heavy (non-hydrogen) atoms. The van der Waals surface area contributed by atoms with Crippen molar-refractivity contribution >= 4 is 0 Å². The molecule has 0 aliphatic carbocycles. The highest BCUT2D eigenvalue weighted by molar-refractivity contribution is 5.44. The van der Waals surface area contributed by atoms with Gasteiger partial charge in [-0.3, -0.25) is 0 Å². The molecule has 3 heteroatoms. The number of rotatable bonds is 6. The summed E-state index contributed by atoms with van der Waals surface area (Å²) in [5, 5.41) is 3.60. The van der Waals surface area contributed by atoms with E-state index in [-0.39, 0.29) is 0 Å². The van der Waals surface area contributed by atoms with Crippen molar-refractivity contribution in [3.05, 3.63) is 29.3 Å². The van der Waals surface area contributed by atoms with Crippen LogP contribution < -0.4 is 10.1 Å². The highest BCUT2D eigenvalue weighted by Gasteiger charge is 2.20. The van der Waals surface area contributed by atoms with Crippen LogP contribution in [0.4, 0.5) is 0 Å². The van der Waals surface area contributed by atoms with Gasteiger partial charge in [0.1, 0.15) is 5.75 Å². The standard InChI is InChI=1S/C16H26N2O/c1-4-17-15(10-11-18(2)3)14-9-5-7-13-8-6-12-19-16(13)14/h5,7,9,15,17H,4,6,8,10-12H2,1-3H3. The van der Waals surface area contributed by atoms with Gasteiger partial charge >= 0.3 is 0 Å². The molecule has 106 valence electrons. The minimum atomic E-state index is 0.389. The van der Waals surface area contributed by atoms with Crippen LogP contribution in [-0.4, -0.2) is 38.7 Å².